The molecule has 0 saturated heterocycles. The highest BCUT2D eigenvalue weighted by atomic mass is 16.5. The second kappa shape index (κ2) is 3.87. The lowest BCUT2D eigenvalue weighted by molar-refractivity contribution is 0.131. The summed E-state index contributed by atoms with van der Waals surface area (Å²) >= 11 is 0. The molecular weight excluding hydrogens is 172 g/mol. The lowest BCUT2D eigenvalue weighted by Gasteiger charge is -2.21. The van der Waals surface area contributed by atoms with Crippen molar-refractivity contribution in [1.82, 2.24) is 0 Å². The van der Waals surface area contributed by atoms with Crippen LogP contribution in [0.15, 0.2) is 30.8 Å². The molecular formula is C13H18O. The maximum atomic E-state index is 5.75. The van der Waals surface area contributed by atoms with Crippen LogP contribution in [0.2, 0.25) is 0 Å². The van der Waals surface area contributed by atoms with Gasteiger partial charge in [0, 0.05) is 0 Å². The van der Waals surface area contributed by atoms with Crippen molar-refractivity contribution in [2.24, 2.45) is 0 Å². The molecule has 0 aliphatic carbocycles. The average molecular weight is 190 g/mol. The summed E-state index contributed by atoms with van der Waals surface area (Å²) in [6, 6.07) is 8.02. The van der Waals surface area contributed by atoms with Gasteiger partial charge < -0.3 is 4.74 Å². The third-order valence-electron chi connectivity index (χ3n) is 1.75. The normalized spacial score (nSPS) is 11.1. The van der Waals surface area contributed by atoms with E-state index in [1.165, 1.54) is 0 Å². The van der Waals surface area contributed by atoms with Gasteiger partial charge in [0.05, 0.1) is 0 Å². The molecule has 0 N–H and O–H groups in total. The zero-order valence-corrected chi connectivity index (χ0v) is 9.42. The fourth-order valence-corrected chi connectivity index (χ4v) is 1.18. The van der Waals surface area contributed by atoms with Crippen LogP contribution in [-0.2, 0) is 0 Å². The van der Waals surface area contributed by atoms with E-state index in [0.717, 1.165) is 16.9 Å². The molecule has 0 unspecified atom stereocenters. The van der Waals surface area contributed by atoms with Crippen LogP contribution in [0.1, 0.15) is 33.3 Å². The molecule has 1 heteroatoms. The van der Waals surface area contributed by atoms with E-state index in [0.29, 0.717) is 0 Å². The number of allylic oxidation sites excluding steroid dienone is 1. The van der Waals surface area contributed by atoms with Gasteiger partial charge in [0.15, 0.2) is 0 Å². The molecule has 0 amide bonds. The number of hydrogen-bond donors (Lipinski definition) is 0. The van der Waals surface area contributed by atoms with Gasteiger partial charge in [-0.1, -0.05) is 24.3 Å². The van der Waals surface area contributed by atoms with Crippen molar-refractivity contribution in [3.63, 3.8) is 0 Å². The van der Waals surface area contributed by atoms with E-state index >= 15 is 0 Å². The van der Waals surface area contributed by atoms with Crippen molar-refractivity contribution in [1.29, 1.82) is 0 Å². The van der Waals surface area contributed by atoms with Crippen LogP contribution >= 0.6 is 0 Å². The van der Waals surface area contributed by atoms with Crippen molar-refractivity contribution >= 4 is 5.57 Å². The van der Waals surface area contributed by atoms with E-state index < -0.39 is 0 Å². The van der Waals surface area contributed by atoms with Crippen molar-refractivity contribution in [3.8, 4) is 5.75 Å². The third kappa shape index (κ3) is 3.25. The minimum absolute atomic E-state index is 0.145. The summed E-state index contributed by atoms with van der Waals surface area (Å²) in [4.78, 5) is 0. The van der Waals surface area contributed by atoms with Crippen molar-refractivity contribution in [3.05, 3.63) is 36.4 Å². The Hall–Kier alpha value is -1.24. The van der Waals surface area contributed by atoms with Crippen LogP contribution in [0.5, 0.6) is 5.75 Å². The molecule has 0 saturated carbocycles. The topological polar surface area (TPSA) is 9.23 Å². The van der Waals surface area contributed by atoms with E-state index in [9.17, 15) is 0 Å². The molecule has 76 valence electrons. The van der Waals surface area contributed by atoms with Crippen LogP contribution in [0.25, 0.3) is 5.57 Å². The Labute approximate surface area is 86.4 Å². The molecule has 1 aromatic carbocycles. The maximum Gasteiger partial charge on any atom is 0.120 e. The molecule has 0 aliphatic heterocycles. The van der Waals surface area contributed by atoms with Crippen LogP contribution in [0.3, 0.4) is 0 Å². The molecule has 0 atom stereocenters. The lowest BCUT2D eigenvalue weighted by Crippen LogP contribution is -2.22. The Morgan fingerprint density at radius 2 is 1.93 bits per heavy atom. The van der Waals surface area contributed by atoms with Crippen molar-refractivity contribution in [2.45, 2.75) is 33.3 Å². The largest absolute Gasteiger partial charge is 0.488 e. The van der Waals surface area contributed by atoms with Gasteiger partial charge >= 0.3 is 0 Å². The SMILES string of the molecule is C=C(C)c1cccc(OC(C)(C)C)c1. The van der Waals surface area contributed by atoms with E-state index in [1.54, 1.807) is 0 Å². The number of rotatable bonds is 2. The minimum atomic E-state index is -0.145. The summed E-state index contributed by atoms with van der Waals surface area (Å²) in [7, 11) is 0. The highest BCUT2D eigenvalue weighted by molar-refractivity contribution is 5.62. The molecule has 0 fully saturated rings. The summed E-state index contributed by atoms with van der Waals surface area (Å²) in [6.07, 6.45) is 0. The Morgan fingerprint density at radius 1 is 1.29 bits per heavy atom. The van der Waals surface area contributed by atoms with Gasteiger partial charge in [0.2, 0.25) is 0 Å². The first kappa shape index (κ1) is 10.8. The molecule has 14 heavy (non-hydrogen) atoms. The van der Waals surface area contributed by atoms with Gasteiger partial charge in [-0.25, -0.2) is 0 Å². The predicted octanol–water partition coefficient (Wildman–Crippen LogP) is 3.90. The molecule has 0 aliphatic rings. The molecule has 0 aromatic heterocycles. The summed E-state index contributed by atoms with van der Waals surface area (Å²) in [5.74, 6) is 0.901. The monoisotopic (exact) mass is 190 g/mol. The lowest BCUT2D eigenvalue weighted by atomic mass is 10.1. The summed E-state index contributed by atoms with van der Waals surface area (Å²) in [6.45, 7) is 12.0. The van der Waals surface area contributed by atoms with E-state index in [4.69, 9.17) is 4.74 Å². The molecule has 0 radical (unpaired) electrons. The molecule has 0 bridgehead atoms. The fourth-order valence-electron chi connectivity index (χ4n) is 1.18. The Bertz CT molecular complexity index is 331. The van der Waals surface area contributed by atoms with E-state index in [-0.39, 0.29) is 5.60 Å². The molecule has 0 heterocycles. The zero-order chi connectivity index (χ0) is 10.8. The first-order chi connectivity index (χ1) is 6.38. The third-order valence-corrected chi connectivity index (χ3v) is 1.75. The Morgan fingerprint density at radius 3 is 2.43 bits per heavy atom. The average Bonchev–Trinajstić information content (AvgIpc) is 2.01. The second-order valence-electron chi connectivity index (χ2n) is 4.52. The van der Waals surface area contributed by atoms with Crippen molar-refractivity contribution in [2.75, 3.05) is 0 Å². The van der Waals surface area contributed by atoms with Crippen LogP contribution in [-0.4, -0.2) is 5.60 Å². The highest BCUT2D eigenvalue weighted by Gasteiger charge is 2.11. The zero-order valence-electron chi connectivity index (χ0n) is 9.42. The fraction of sp³-hybridized carbons (Fsp3) is 0.385. The van der Waals surface area contributed by atoms with Crippen molar-refractivity contribution < 1.29 is 4.74 Å². The van der Waals surface area contributed by atoms with Gasteiger partial charge in [-0.15, -0.1) is 0 Å². The first-order valence-electron chi connectivity index (χ1n) is 4.83. The summed E-state index contributed by atoms with van der Waals surface area (Å²) in [5, 5.41) is 0. The smallest absolute Gasteiger partial charge is 0.120 e. The Kier molecular flexibility index (Phi) is 3.00. The maximum absolute atomic E-state index is 5.75. The standard InChI is InChI=1S/C13H18O/c1-10(2)11-7-6-8-12(9-11)14-13(3,4)5/h6-9H,1H2,2-5H3. The first-order valence-corrected chi connectivity index (χ1v) is 4.83. The molecule has 1 nitrogen and oxygen atoms in total. The van der Waals surface area contributed by atoms with Gasteiger partial charge in [-0.3, -0.25) is 0 Å². The van der Waals surface area contributed by atoms with Gasteiger partial charge in [-0.05, 0) is 45.4 Å². The van der Waals surface area contributed by atoms with E-state index in [2.05, 4.69) is 6.58 Å². The van der Waals surface area contributed by atoms with Gasteiger partial charge in [0.25, 0.3) is 0 Å². The number of hydrogen-bond acceptors (Lipinski definition) is 1. The summed E-state index contributed by atoms with van der Waals surface area (Å²) in [5.41, 5.74) is 2.05. The second-order valence-corrected chi connectivity index (χ2v) is 4.52. The summed E-state index contributed by atoms with van der Waals surface area (Å²) < 4.78 is 5.75. The van der Waals surface area contributed by atoms with Gasteiger partial charge in [0.1, 0.15) is 11.4 Å². The van der Waals surface area contributed by atoms with Gasteiger partial charge in [-0.2, -0.15) is 0 Å². The number of ether oxygens (including phenoxy) is 1. The Balaban J connectivity index is 2.89. The predicted molar refractivity (Wildman–Crippen MR) is 61.5 cm³/mol. The highest BCUT2D eigenvalue weighted by Crippen LogP contribution is 2.22. The van der Waals surface area contributed by atoms with Crippen LogP contribution in [0.4, 0.5) is 0 Å². The molecule has 1 rings (SSSR count). The quantitative estimate of drug-likeness (QED) is 0.687. The minimum Gasteiger partial charge on any atom is -0.488 e. The van der Waals surface area contributed by atoms with Crippen LogP contribution < -0.4 is 4.74 Å². The molecule has 0 spiro atoms. The molecule has 1 aromatic rings. The number of benzene rings is 1. The van der Waals surface area contributed by atoms with E-state index in [1.807, 2.05) is 52.0 Å². The van der Waals surface area contributed by atoms with Crippen LogP contribution in [0, 0.1) is 0 Å².